The maximum Gasteiger partial charge on any atom is 0.240 e. The Kier molecular flexibility index (Phi) is 6.15. The lowest BCUT2D eigenvalue weighted by atomic mass is 10.1. The molecule has 1 amide bonds. The summed E-state index contributed by atoms with van der Waals surface area (Å²) >= 11 is 0. The number of carbonyl (C=O) groups is 1. The van der Waals surface area contributed by atoms with Crippen LogP contribution >= 0.6 is 0 Å². The molecule has 1 N–H and O–H groups in total. The van der Waals surface area contributed by atoms with Gasteiger partial charge in [-0.25, -0.2) is 8.42 Å². The fourth-order valence-electron chi connectivity index (χ4n) is 3.84. The fraction of sp³-hybridized carbons (Fsp3) is 0.192. The Hall–Kier alpha value is -3.38. The van der Waals surface area contributed by atoms with Crippen LogP contribution in [0.2, 0.25) is 0 Å². The lowest BCUT2D eigenvalue weighted by Gasteiger charge is -2.15. The van der Waals surface area contributed by atoms with Gasteiger partial charge in [-0.15, -0.1) is 0 Å². The maximum atomic E-state index is 13.2. The number of sulfone groups is 1. The highest BCUT2D eigenvalue weighted by atomic mass is 32.2. The lowest BCUT2D eigenvalue weighted by molar-refractivity contribution is -0.122. The Bertz CT molecular complexity index is 1340. The van der Waals surface area contributed by atoms with Crippen LogP contribution in [0.1, 0.15) is 29.7 Å². The van der Waals surface area contributed by atoms with E-state index >= 15 is 0 Å². The molecule has 0 fully saturated rings. The number of benzene rings is 3. The van der Waals surface area contributed by atoms with Crippen molar-refractivity contribution in [2.75, 3.05) is 0 Å². The molecule has 6 heteroatoms. The molecule has 4 rings (SSSR count). The summed E-state index contributed by atoms with van der Waals surface area (Å²) in [6.07, 6.45) is 1.58. The summed E-state index contributed by atoms with van der Waals surface area (Å²) in [5.74, 6) is -0.261. The van der Waals surface area contributed by atoms with Crippen LogP contribution in [-0.2, 0) is 26.9 Å². The van der Waals surface area contributed by atoms with Gasteiger partial charge in [0, 0.05) is 17.1 Å². The molecule has 0 spiro atoms. The summed E-state index contributed by atoms with van der Waals surface area (Å²) in [5.41, 5.74) is 3.55. The second kappa shape index (κ2) is 9.01. The Balaban J connectivity index is 1.60. The van der Waals surface area contributed by atoms with Gasteiger partial charge >= 0.3 is 0 Å². The number of amides is 1. The average Bonchev–Trinajstić information content (AvgIpc) is 3.15. The van der Waals surface area contributed by atoms with Crippen molar-refractivity contribution in [1.29, 1.82) is 0 Å². The molecule has 0 saturated carbocycles. The van der Waals surface area contributed by atoms with Gasteiger partial charge in [-0.1, -0.05) is 78.4 Å². The Morgan fingerprint density at radius 2 is 1.59 bits per heavy atom. The molecule has 1 atom stereocenters. The normalized spacial score (nSPS) is 12.6. The van der Waals surface area contributed by atoms with Gasteiger partial charge < -0.3 is 9.88 Å². The third-order valence-corrected chi connectivity index (χ3v) is 7.26. The molecule has 1 unspecified atom stereocenters. The zero-order valence-electron chi connectivity index (χ0n) is 18.2. The third kappa shape index (κ3) is 4.75. The lowest BCUT2D eigenvalue weighted by Crippen LogP contribution is -2.29. The first-order valence-corrected chi connectivity index (χ1v) is 12.2. The van der Waals surface area contributed by atoms with Crippen molar-refractivity contribution >= 4 is 26.6 Å². The molecule has 32 heavy (non-hydrogen) atoms. The van der Waals surface area contributed by atoms with E-state index in [2.05, 4.69) is 5.32 Å². The Morgan fingerprint density at radius 3 is 2.31 bits per heavy atom. The van der Waals surface area contributed by atoms with Gasteiger partial charge in [0.25, 0.3) is 0 Å². The predicted octanol–water partition coefficient (Wildman–Crippen LogP) is 4.80. The minimum Gasteiger partial charge on any atom is -0.348 e. The van der Waals surface area contributed by atoms with Crippen molar-refractivity contribution < 1.29 is 13.2 Å². The number of rotatable bonds is 7. The molecule has 0 aliphatic heterocycles. The first-order chi connectivity index (χ1) is 15.3. The highest BCUT2D eigenvalue weighted by molar-refractivity contribution is 7.90. The van der Waals surface area contributed by atoms with E-state index in [0.29, 0.717) is 5.39 Å². The number of fused-ring (bicyclic) bond motifs is 1. The number of carbonyl (C=O) groups excluding carboxylic acids is 1. The summed E-state index contributed by atoms with van der Waals surface area (Å²) < 4.78 is 28.2. The summed E-state index contributed by atoms with van der Waals surface area (Å²) in [6, 6.07) is 24.4. The summed E-state index contributed by atoms with van der Waals surface area (Å²) in [5, 5.41) is 3.62. The summed E-state index contributed by atoms with van der Waals surface area (Å²) in [4.78, 5) is 13.0. The van der Waals surface area contributed by atoms with E-state index in [4.69, 9.17) is 0 Å². The number of hydrogen-bond donors (Lipinski definition) is 1. The van der Waals surface area contributed by atoms with Crippen molar-refractivity contribution in [3.05, 3.63) is 102 Å². The largest absolute Gasteiger partial charge is 0.348 e. The predicted molar refractivity (Wildman–Crippen MR) is 127 cm³/mol. The average molecular weight is 447 g/mol. The number of nitrogens with one attached hydrogen (secondary N) is 1. The highest BCUT2D eigenvalue weighted by Crippen LogP contribution is 2.28. The van der Waals surface area contributed by atoms with E-state index in [1.54, 1.807) is 16.8 Å². The number of hydrogen-bond acceptors (Lipinski definition) is 3. The van der Waals surface area contributed by atoms with Crippen molar-refractivity contribution in [2.24, 2.45) is 0 Å². The van der Waals surface area contributed by atoms with Crippen LogP contribution in [0, 0.1) is 6.92 Å². The third-order valence-electron chi connectivity index (χ3n) is 5.56. The van der Waals surface area contributed by atoms with E-state index < -0.39 is 9.84 Å². The second-order valence-electron chi connectivity index (χ2n) is 8.08. The van der Waals surface area contributed by atoms with E-state index in [1.807, 2.05) is 86.6 Å². The number of para-hydroxylation sites is 1. The SMILES string of the molecule is Cc1ccc(CS(=O)(=O)c2cn(CC(=O)NC(C)c3ccccc3)c3ccccc23)cc1. The topological polar surface area (TPSA) is 68.2 Å². The van der Waals surface area contributed by atoms with Crippen LogP contribution in [0.4, 0.5) is 0 Å². The molecule has 0 aliphatic rings. The monoisotopic (exact) mass is 446 g/mol. The molecular weight excluding hydrogens is 420 g/mol. The minimum atomic E-state index is -3.59. The van der Waals surface area contributed by atoms with Crippen molar-refractivity contribution in [1.82, 2.24) is 9.88 Å². The van der Waals surface area contributed by atoms with E-state index in [0.717, 1.165) is 22.2 Å². The number of aryl methyl sites for hydroxylation is 1. The van der Waals surface area contributed by atoms with Gasteiger partial charge in [0.1, 0.15) is 6.54 Å². The van der Waals surface area contributed by atoms with Gasteiger partial charge in [-0.3, -0.25) is 4.79 Å². The molecule has 0 saturated heterocycles. The fourth-order valence-corrected chi connectivity index (χ4v) is 5.42. The van der Waals surface area contributed by atoms with Crippen LogP contribution in [0.15, 0.2) is 90.0 Å². The van der Waals surface area contributed by atoms with Crippen LogP contribution in [-0.4, -0.2) is 18.9 Å². The summed E-state index contributed by atoms with van der Waals surface area (Å²) in [7, 11) is -3.59. The molecule has 0 bridgehead atoms. The smallest absolute Gasteiger partial charge is 0.240 e. The second-order valence-corrected chi connectivity index (χ2v) is 10.0. The maximum absolute atomic E-state index is 13.2. The van der Waals surface area contributed by atoms with Crippen molar-refractivity contribution in [3.63, 3.8) is 0 Å². The molecule has 164 valence electrons. The molecule has 1 heterocycles. The quantitative estimate of drug-likeness (QED) is 0.443. The standard InChI is InChI=1S/C26H26N2O3S/c1-19-12-14-21(15-13-19)18-32(30,31)25-16-28(24-11-7-6-10-23(24)25)17-26(29)27-20(2)22-8-4-3-5-9-22/h3-16,20H,17-18H2,1-2H3,(H,27,29). The van der Waals surface area contributed by atoms with Gasteiger partial charge in [0.15, 0.2) is 9.84 Å². The van der Waals surface area contributed by atoms with Crippen LogP contribution in [0.3, 0.4) is 0 Å². The number of aromatic nitrogens is 1. The van der Waals surface area contributed by atoms with E-state index in [9.17, 15) is 13.2 Å². The summed E-state index contributed by atoms with van der Waals surface area (Å²) in [6.45, 7) is 3.94. The van der Waals surface area contributed by atoms with Crippen LogP contribution in [0.5, 0.6) is 0 Å². The zero-order valence-corrected chi connectivity index (χ0v) is 19.0. The molecule has 1 aromatic heterocycles. The molecule has 0 aliphatic carbocycles. The van der Waals surface area contributed by atoms with Crippen molar-refractivity contribution in [3.8, 4) is 0 Å². The molecule has 5 nitrogen and oxygen atoms in total. The molecule has 0 radical (unpaired) electrons. The van der Waals surface area contributed by atoms with Crippen LogP contribution in [0.25, 0.3) is 10.9 Å². The highest BCUT2D eigenvalue weighted by Gasteiger charge is 2.22. The first kappa shape index (κ1) is 21.8. The van der Waals surface area contributed by atoms with E-state index in [1.165, 1.54) is 0 Å². The molecule has 4 aromatic rings. The molecule has 3 aromatic carbocycles. The molecular formula is C26H26N2O3S. The first-order valence-electron chi connectivity index (χ1n) is 10.5. The van der Waals surface area contributed by atoms with Crippen LogP contribution < -0.4 is 5.32 Å². The van der Waals surface area contributed by atoms with E-state index in [-0.39, 0.29) is 29.1 Å². The van der Waals surface area contributed by atoms with Gasteiger partial charge in [0.2, 0.25) is 5.91 Å². The van der Waals surface area contributed by atoms with Gasteiger partial charge in [-0.2, -0.15) is 0 Å². The van der Waals surface area contributed by atoms with Gasteiger partial charge in [-0.05, 0) is 31.0 Å². The minimum absolute atomic E-state index is 0.0394. The Labute approximate surface area is 188 Å². The Morgan fingerprint density at radius 1 is 0.938 bits per heavy atom. The zero-order chi connectivity index (χ0) is 22.7. The van der Waals surface area contributed by atoms with Crippen molar-refractivity contribution in [2.45, 2.75) is 37.1 Å². The van der Waals surface area contributed by atoms with Gasteiger partial charge in [0.05, 0.1) is 16.7 Å². The number of nitrogens with zero attached hydrogens (tertiary/aromatic N) is 1.